The molecule has 22 heavy (non-hydrogen) atoms. The van der Waals surface area contributed by atoms with Crippen LogP contribution in [0.4, 0.5) is 4.79 Å². The second-order valence-corrected chi connectivity index (χ2v) is 5.17. The summed E-state index contributed by atoms with van der Waals surface area (Å²) in [5, 5.41) is 8.86. The number of urea groups is 1. The quantitative estimate of drug-likeness (QED) is 0.823. The first-order valence-corrected chi connectivity index (χ1v) is 7.49. The van der Waals surface area contributed by atoms with Crippen LogP contribution in [-0.2, 0) is 0 Å². The second kappa shape index (κ2) is 7.58. The Hall–Kier alpha value is -2.38. The minimum absolute atomic E-state index is 0.0849. The van der Waals surface area contributed by atoms with E-state index in [-0.39, 0.29) is 23.2 Å². The number of amides is 3. The molecule has 1 aromatic rings. The molecule has 1 saturated heterocycles. The number of hydrogen-bond donors (Lipinski definition) is 2. The van der Waals surface area contributed by atoms with E-state index in [2.05, 4.69) is 15.5 Å². The van der Waals surface area contributed by atoms with Crippen molar-refractivity contribution in [1.29, 1.82) is 0 Å². The SMILES string of the molecule is CCCNC(=O)N1CCCN(C(=O)c2ccc(=O)[nH]n2)CC1. The molecule has 0 spiro atoms. The molecule has 2 rings (SSSR count). The third-order valence-electron chi connectivity index (χ3n) is 3.49. The number of nitrogens with one attached hydrogen (secondary N) is 2. The summed E-state index contributed by atoms with van der Waals surface area (Å²) in [7, 11) is 0. The van der Waals surface area contributed by atoms with Crippen LogP contribution in [0.5, 0.6) is 0 Å². The van der Waals surface area contributed by atoms with Crippen molar-refractivity contribution < 1.29 is 9.59 Å². The van der Waals surface area contributed by atoms with Crippen LogP contribution >= 0.6 is 0 Å². The van der Waals surface area contributed by atoms with Gasteiger partial charge < -0.3 is 15.1 Å². The average molecular weight is 307 g/mol. The van der Waals surface area contributed by atoms with E-state index < -0.39 is 0 Å². The molecule has 8 nitrogen and oxygen atoms in total. The Balaban J connectivity index is 1.95. The Bertz CT molecular complexity index is 566. The fourth-order valence-electron chi connectivity index (χ4n) is 2.29. The van der Waals surface area contributed by atoms with Crippen LogP contribution in [0.15, 0.2) is 16.9 Å². The summed E-state index contributed by atoms with van der Waals surface area (Å²) >= 11 is 0. The lowest BCUT2D eigenvalue weighted by atomic mass is 10.3. The van der Waals surface area contributed by atoms with E-state index in [0.29, 0.717) is 39.1 Å². The zero-order valence-corrected chi connectivity index (χ0v) is 12.7. The zero-order valence-electron chi connectivity index (χ0n) is 12.7. The molecule has 1 aromatic heterocycles. The summed E-state index contributed by atoms with van der Waals surface area (Å²) in [4.78, 5) is 38.7. The summed E-state index contributed by atoms with van der Waals surface area (Å²) in [5.41, 5.74) is -0.130. The smallest absolute Gasteiger partial charge is 0.317 e. The molecule has 120 valence electrons. The normalized spacial score (nSPS) is 15.3. The highest BCUT2D eigenvalue weighted by Gasteiger charge is 2.23. The number of carbonyl (C=O) groups excluding carboxylic acids is 2. The molecule has 2 heterocycles. The van der Waals surface area contributed by atoms with E-state index >= 15 is 0 Å². The van der Waals surface area contributed by atoms with Crippen molar-refractivity contribution in [3.05, 3.63) is 28.2 Å². The number of nitrogens with zero attached hydrogens (tertiary/aromatic N) is 3. The minimum Gasteiger partial charge on any atom is -0.338 e. The van der Waals surface area contributed by atoms with E-state index in [4.69, 9.17) is 0 Å². The highest BCUT2D eigenvalue weighted by Crippen LogP contribution is 2.07. The summed E-state index contributed by atoms with van der Waals surface area (Å²) in [6.07, 6.45) is 1.61. The van der Waals surface area contributed by atoms with Gasteiger partial charge in [-0.1, -0.05) is 6.92 Å². The molecular formula is C14H21N5O3. The topological polar surface area (TPSA) is 98.4 Å². The Morgan fingerprint density at radius 1 is 1.23 bits per heavy atom. The predicted molar refractivity (Wildman–Crippen MR) is 80.6 cm³/mol. The molecule has 1 fully saturated rings. The average Bonchev–Trinajstić information content (AvgIpc) is 2.78. The number of rotatable bonds is 3. The van der Waals surface area contributed by atoms with Crippen LogP contribution in [0.25, 0.3) is 0 Å². The predicted octanol–water partition coefficient (Wildman–Crippen LogP) is 0.0374. The highest BCUT2D eigenvalue weighted by atomic mass is 16.2. The van der Waals surface area contributed by atoms with Gasteiger partial charge >= 0.3 is 6.03 Å². The van der Waals surface area contributed by atoms with Gasteiger partial charge in [-0.15, -0.1) is 0 Å². The molecule has 1 aliphatic rings. The molecule has 0 saturated carbocycles. The molecular weight excluding hydrogens is 286 g/mol. The summed E-state index contributed by atoms with van der Waals surface area (Å²) in [5.74, 6) is -0.230. The monoisotopic (exact) mass is 307 g/mol. The minimum atomic E-state index is -0.341. The van der Waals surface area contributed by atoms with Crippen molar-refractivity contribution in [3.8, 4) is 0 Å². The number of H-pyrrole nitrogens is 1. The molecule has 0 aliphatic carbocycles. The molecule has 0 bridgehead atoms. The molecule has 0 atom stereocenters. The van der Waals surface area contributed by atoms with Crippen molar-refractivity contribution in [2.45, 2.75) is 19.8 Å². The molecule has 0 radical (unpaired) electrons. The van der Waals surface area contributed by atoms with Crippen LogP contribution in [0.1, 0.15) is 30.3 Å². The van der Waals surface area contributed by atoms with E-state index in [9.17, 15) is 14.4 Å². The lowest BCUT2D eigenvalue weighted by Crippen LogP contribution is -2.42. The van der Waals surface area contributed by atoms with Gasteiger partial charge in [-0.2, -0.15) is 5.10 Å². The Morgan fingerprint density at radius 2 is 1.95 bits per heavy atom. The molecule has 0 unspecified atom stereocenters. The van der Waals surface area contributed by atoms with Crippen LogP contribution in [0.3, 0.4) is 0 Å². The van der Waals surface area contributed by atoms with E-state index in [0.717, 1.165) is 6.42 Å². The number of hydrogen-bond acceptors (Lipinski definition) is 4. The van der Waals surface area contributed by atoms with Crippen molar-refractivity contribution in [3.63, 3.8) is 0 Å². The number of aromatic amines is 1. The van der Waals surface area contributed by atoms with E-state index in [1.165, 1.54) is 12.1 Å². The van der Waals surface area contributed by atoms with E-state index in [1.54, 1.807) is 9.80 Å². The standard InChI is InChI=1S/C14H21N5O3/c1-2-6-15-14(22)19-8-3-7-18(9-10-19)13(21)11-4-5-12(20)17-16-11/h4-5H,2-3,6-10H2,1H3,(H,15,22)(H,17,20). The van der Waals surface area contributed by atoms with E-state index in [1.807, 2.05) is 6.92 Å². The van der Waals surface area contributed by atoms with Crippen LogP contribution in [0, 0.1) is 0 Å². The highest BCUT2D eigenvalue weighted by molar-refractivity contribution is 5.92. The maximum atomic E-state index is 12.3. The fraction of sp³-hybridized carbons (Fsp3) is 0.571. The van der Waals surface area contributed by atoms with Crippen LogP contribution < -0.4 is 10.9 Å². The van der Waals surface area contributed by atoms with Crippen molar-refractivity contribution >= 4 is 11.9 Å². The molecule has 0 aromatic carbocycles. The Morgan fingerprint density at radius 3 is 2.64 bits per heavy atom. The van der Waals surface area contributed by atoms with Gasteiger partial charge in [0.15, 0.2) is 0 Å². The number of carbonyl (C=O) groups is 2. The lowest BCUT2D eigenvalue weighted by Gasteiger charge is -2.22. The van der Waals surface area contributed by atoms with Gasteiger partial charge in [0.1, 0.15) is 5.69 Å². The van der Waals surface area contributed by atoms with Crippen molar-refractivity contribution in [1.82, 2.24) is 25.3 Å². The van der Waals surface area contributed by atoms with Gasteiger partial charge in [-0.05, 0) is 18.9 Å². The lowest BCUT2D eigenvalue weighted by molar-refractivity contribution is 0.0755. The summed E-state index contributed by atoms with van der Waals surface area (Å²) < 4.78 is 0. The second-order valence-electron chi connectivity index (χ2n) is 5.17. The first-order chi connectivity index (χ1) is 10.6. The van der Waals surface area contributed by atoms with Crippen molar-refractivity contribution in [2.75, 3.05) is 32.7 Å². The largest absolute Gasteiger partial charge is 0.338 e. The van der Waals surface area contributed by atoms with Gasteiger partial charge in [0.05, 0.1) is 0 Å². The molecule has 3 amide bonds. The summed E-state index contributed by atoms with van der Waals surface area (Å²) in [6, 6.07) is 2.61. The Labute approximate surface area is 128 Å². The van der Waals surface area contributed by atoms with Gasteiger partial charge in [-0.3, -0.25) is 9.59 Å². The Kier molecular flexibility index (Phi) is 5.51. The van der Waals surface area contributed by atoms with Crippen LogP contribution in [0.2, 0.25) is 0 Å². The van der Waals surface area contributed by atoms with Gasteiger partial charge in [-0.25, -0.2) is 9.89 Å². The molecule has 1 aliphatic heterocycles. The first-order valence-electron chi connectivity index (χ1n) is 7.49. The molecule has 2 N–H and O–H groups in total. The third kappa shape index (κ3) is 4.06. The third-order valence-corrected chi connectivity index (χ3v) is 3.49. The van der Waals surface area contributed by atoms with Crippen molar-refractivity contribution in [2.24, 2.45) is 0 Å². The van der Waals surface area contributed by atoms with Gasteiger partial charge in [0.2, 0.25) is 0 Å². The summed E-state index contributed by atoms with van der Waals surface area (Å²) in [6.45, 7) is 4.79. The van der Waals surface area contributed by atoms with Crippen LogP contribution in [-0.4, -0.2) is 64.7 Å². The molecule has 8 heteroatoms. The number of aromatic nitrogens is 2. The van der Waals surface area contributed by atoms with Gasteiger partial charge in [0, 0.05) is 38.8 Å². The first kappa shape index (κ1) is 16.0. The zero-order chi connectivity index (χ0) is 15.9. The maximum absolute atomic E-state index is 12.3. The van der Waals surface area contributed by atoms with Gasteiger partial charge in [0.25, 0.3) is 11.5 Å². The fourth-order valence-corrected chi connectivity index (χ4v) is 2.29. The maximum Gasteiger partial charge on any atom is 0.317 e.